The van der Waals surface area contributed by atoms with E-state index >= 15 is 0 Å². The van der Waals surface area contributed by atoms with Gasteiger partial charge in [-0.15, -0.1) is 0 Å². The lowest BCUT2D eigenvalue weighted by molar-refractivity contribution is -0.122. The molecule has 0 N–H and O–H groups in total. The predicted molar refractivity (Wildman–Crippen MR) is 65.2 cm³/mol. The monoisotopic (exact) mass is 235 g/mol. The maximum Gasteiger partial charge on any atom is 0.133 e. The Hall–Kier alpha value is -1.22. The third-order valence-corrected chi connectivity index (χ3v) is 3.87. The number of carbonyl (C=O) groups is 1. The van der Waals surface area contributed by atoms with Gasteiger partial charge in [0.2, 0.25) is 0 Å². The number of hydrogen-bond donors (Lipinski definition) is 0. The van der Waals surface area contributed by atoms with Gasteiger partial charge in [0, 0.05) is 18.4 Å². The van der Waals surface area contributed by atoms with Gasteiger partial charge in [0.15, 0.2) is 0 Å². The van der Waals surface area contributed by atoms with E-state index < -0.39 is 0 Å². The maximum absolute atomic E-state index is 13.0. The maximum atomic E-state index is 13.0. The highest BCUT2D eigenvalue weighted by atomic mass is 19.1. The van der Waals surface area contributed by atoms with Gasteiger partial charge in [-0.05, 0) is 44.6 Å². The van der Waals surface area contributed by atoms with Crippen LogP contribution in [0, 0.1) is 5.82 Å². The Morgan fingerprint density at radius 1 is 1.12 bits per heavy atom. The highest BCUT2D eigenvalue weighted by Gasteiger charge is 2.38. The van der Waals surface area contributed by atoms with E-state index in [4.69, 9.17) is 0 Å². The van der Waals surface area contributed by atoms with Gasteiger partial charge in [0.05, 0.1) is 0 Å². The second kappa shape index (κ2) is 4.57. The molecule has 0 amide bonds. The minimum absolute atomic E-state index is 0.110. The summed E-state index contributed by atoms with van der Waals surface area (Å²) in [5.41, 5.74) is 0.998. The van der Waals surface area contributed by atoms with Crippen LogP contribution in [0.25, 0.3) is 0 Å². The second-order valence-electron chi connectivity index (χ2n) is 4.97. The van der Waals surface area contributed by atoms with Crippen LogP contribution in [0.2, 0.25) is 0 Å². The zero-order valence-electron chi connectivity index (χ0n) is 10.4. The Morgan fingerprint density at radius 3 is 2.12 bits per heavy atom. The number of benzene rings is 1. The van der Waals surface area contributed by atoms with Gasteiger partial charge in [-0.1, -0.05) is 12.1 Å². The molecular weight excluding hydrogens is 217 g/mol. The first-order valence-electron chi connectivity index (χ1n) is 6.00. The zero-order valence-corrected chi connectivity index (χ0v) is 10.4. The van der Waals surface area contributed by atoms with E-state index in [0.29, 0.717) is 18.6 Å². The Labute approximate surface area is 101 Å². The van der Waals surface area contributed by atoms with Gasteiger partial charge in [-0.2, -0.15) is 0 Å². The van der Waals surface area contributed by atoms with Crippen LogP contribution in [0.5, 0.6) is 0 Å². The van der Waals surface area contributed by atoms with Gasteiger partial charge >= 0.3 is 0 Å². The largest absolute Gasteiger partial charge is 0.300 e. The van der Waals surface area contributed by atoms with Crippen molar-refractivity contribution in [3.63, 3.8) is 0 Å². The average molecular weight is 235 g/mol. The summed E-state index contributed by atoms with van der Waals surface area (Å²) < 4.78 is 13.0. The van der Waals surface area contributed by atoms with Gasteiger partial charge in [0.1, 0.15) is 11.6 Å². The van der Waals surface area contributed by atoms with Crippen molar-refractivity contribution in [3.8, 4) is 0 Å². The lowest BCUT2D eigenvalue weighted by Gasteiger charge is -2.43. The Kier molecular flexibility index (Phi) is 3.29. The molecule has 0 atom stereocenters. The smallest absolute Gasteiger partial charge is 0.133 e. The average Bonchev–Trinajstić information content (AvgIpc) is 2.31. The number of nitrogens with zero attached hydrogens (tertiary/aromatic N) is 1. The van der Waals surface area contributed by atoms with Crippen molar-refractivity contribution >= 4 is 5.78 Å². The van der Waals surface area contributed by atoms with Crippen molar-refractivity contribution in [1.82, 2.24) is 4.90 Å². The minimum atomic E-state index is -0.213. The molecule has 0 heterocycles. The van der Waals surface area contributed by atoms with Crippen LogP contribution in [0.1, 0.15) is 31.2 Å². The summed E-state index contributed by atoms with van der Waals surface area (Å²) in [6.07, 6.45) is 2.89. The van der Waals surface area contributed by atoms with Crippen LogP contribution in [0.15, 0.2) is 24.3 Å². The predicted octanol–water partition coefficient (Wildman–Crippen LogP) is 2.73. The summed E-state index contributed by atoms with van der Waals surface area (Å²) in [7, 11) is 4.05. The van der Waals surface area contributed by atoms with E-state index in [0.717, 1.165) is 18.4 Å². The first-order chi connectivity index (χ1) is 8.04. The van der Waals surface area contributed by atoms with Gasteiger partial charge in [-0.25, -0.2) is 4.39 Å². The van der Waals surface area contributed by atoms with Crippen molar-refractivity contribution in [3.05, 3.63) is 35.6 Å². The quantitative estimate of drug-likeness (QED) is 0.785. The molecule has 1 saturated carbocycles. The number of ketones is 1. The lowest BCUT2D eigenvalue weighted by Crippen LogP contribution is -2.44. The summed E-state index contributed by atoms with van der Waals surface area (Å²) in [5.74, 6) is 0.124. The van der Waals surface area contributed by atoms with Crippen molar-refractivity contribution in [1.29, 1.82) is 0 Å². The van der Waals surface area contributed by atoms with Crippen molar-refractivity contribution in [2.45, 2.75) is 31.2 Å². The molecule has 0 bridgehead atoms. The second-order valence-corrected chi connectivity index (χ2v) is 4.97. The molecule has 0 radical (unpaired) electrons. The van der Waals surface area contributed by atoms with E-state index in [1.54, 1.807) is 0 Å². The first kappa shape index (κ1) is 12.2. The standard InChI is InChI=1S/C14H18FNO/c1-16(2)14(9-7-13(17)8-10-14)11-3-5-12(15)6-4-11/h3-6H,7-10H2,1-2H3. The van der Waals surface area contributed by atoms with Gasteiger partial charge in [-0.3, -0.25) is 9.69 Å². The van der Waals surface area contributed by atoms with Crippen LogP contribution in [-0.4, -0.2) is 24.8 Å². The summed E-state index contributed by atoms with van der Waals surface area (Å²) in [6.45, 7) is 0. The SMILES string of the molecule is CN(C)C1(c2ccc(F)cc2)CCC(=O)CC1. The molecule has 1 aliphatic carbocycles. The fourth-order valence-electron chi connectivity index (χ4n) is 2.70. The van der Waals surface area contributed by atoms with Crippen LogP contribution in [0.3, 0.4) is 0 Å². The number of hydrogen-bond acceptors (Lipinski definition) is 2. The molecule has 0 spiro atoms. The Bertz CT molecular complexity index is 401. The van der Waals surface area contributed by atoms with E-state index in [9.17, 15) is 9.18 Å². The molecule has 92 valence electrons. The third kappa shape index (κ3) is 2.25. The van der Waals surface area contributed by atoms with Gasteiger partial charge < -0.3 is 0 Å². The molecule has 2 nitrogen and oxygen atoms in total. The fourth-order valence-corrected chi connectivity index (χ4v) is 2.70. The number of carbonyl (C=O) groups excluding carboxylic acids is 1. The molecule has 17 heavy (non-hydrogen) atoms. The highest BCUT2D eigenvalue weighted by molar-refractivity contribution is 5.79. The highest BCUT2D eigenvalue weighted by Crippen LogP contribution is 2.39. The minimum Gasteiger partial charge on any atom is -0.300 e. The van der Waals surface area contributed by atoms with E-state index in [1.807, 2.05) is 26.2 Å². The molecular formula is C14H18FNO. The molecule has 1 aliphatic rings. The van der Waals surface area contributed by atoms with E-state index in [-0.39, 0.29) is 11.4 Å². The molecule has 0 unspecified atom stereocenters. The van der Waals surface area contributed by atoms with Crippen LogP contribution >= 0.6 is 0 Å². The summed E-state index contributed by atoms with van der Waals surface area (Å²) >= 11 is 0. The molecule has 0 saturated heterocycles. The summed E-state index contributed by atoms with van der Waals surface area (Å²) in [6, 6.07) is 6.67. The lowest BCUT2D eigenvalue weighted by atomic mass is 9.75. The molecule has 0 aromatic heterocycles. The van der Waals surface area contributed by atoms with Crippen LogP contribution in [0.4, 0.5) is 4.39 Å². The molecule has 1 aromatic carbocycles. The molecule has 2 rings (SSSR count). The van der Waals surface area contributed by atoms with Crippen LogP contribution < -0.4 is 0 Å². The normalized spacial score (nSPS) is 19.6. The summed E-state index contributed by atoms with van der Waals surface area (Å²) in [4.78, 5) is 13.5. The summed E-state index contributed by atoms with van der Waals surface area (Å²) in [5, 5.41) is 0. The number of Topliss-reactive ketones (excluding diaryl/α,β-unsaturated/α-hetero) is 1. The zero-order chi connectivity index (χ0) is 12.5. The van der Waals surface area contributed by atoms with Gasteiger partial charge in [0.25, 0.3) is 0 Å². The first-order valence-corrected chi connectivity index (χ1v) is 6.00. The van der Waals surface area contributed by atoms with Crippen LogP contribution in [-0.2, 0) is 10.3 Å². The fraction of sp³-hybridized carbons (Fsp3) is 0.500. The Balaban J connectivity index is 2.34. The van der Waals surface area contributed by atoms with E-state index in [1.165, 1.54) is 12.1 Å². The van der Waals surface area contributed by atoms with Crippen molar-refractivity contribution in [2.24, 2.45) is 0 Å². The molecule has 0 aliphatic heterocycles. The topological polar surface area (TPSA) is 20.3 Å². The van der Waals surface area contributed by atoms with Crippen molar-refractivity contribution < 1.29 is 9.18 Å². The Morgan fingerprint density at radius 2 is 1.65 bits per heavy atom. The van der Waals surface area contributed by atoms with Crippen molar-refractivity contribution in [2.75, 3.05) is 14.1 Å². The third-order valence-electron chi connectivity index (χ3n) is 3.87. The number of halogens is 1. The molecule has 1 aromatic rings. The number of rotatable bonds is 2. The van der Waals surface area contributed by atoms with E-state index in [2.05, 4.69) is 4.90 Å². The molecule has 3 heteroatoms. The molecule has 1 fully saturated rings.